The highest BCUT2D eigenvalue weighted by atomic mass is 16.5. The van der Waals surface area contributed by atoms with Crippen molar-refractivity contribution in [3.8, 4) is 28.5 Å². The Morgan fingerprint density at radius 2 is 1.51 bits per heavy atom. The van der Waals surface area contributed by atoms with Crippen LogP contribution < -0.4 is 4.74 Å². The fraction of sp³-hybridized carbons (Fsp3) is 0.0333. The SMILES string of the molecule is O=C1C(=Cc2c(-c3ccccc3)n(Cc3ccccc3)c3ccccc23)Oc2cc(O)cc(O)c21. The van der Waals surface area contributed by atoms with Crippen LogP contribution in [0, 0.1) is 0 Å². The van der Waals surface area contributed by atoms with E-state index < -0.39 is 5.78 Å². The fourth-order valence-corrected chi connectivity index (χ4v) is 4.72. The van der Waals surface area contributed by atoms with E-state index in [9.17, 15) is 15.0 Å². The second kappa shape index (κ2) is 8.22. The smallest absolute Gasteiger partial charge is 0.235 e. The molecule has 35 heavy (non-hydrogen) atoms. The maximum atomic E-state index is 13.2. The molecule has 6 rings (SSSR count). The van der Waals surface area contributed by atoms with Gasteiger partial charge in [-0.2, -0.15) is 0 Å². The van der Waals surface area contributed by atoms with Crippen molar-refractivity contribution in [2.45, 2.75) is 6.54 Å². The Labute approximate surface area is 201 Å². The summed E-state index contributed by atoms with van der Waals surface area (Å²) in [6, 6.07) is 30.9. The van der Waals surface area contributed by atoms with E-state index in [0.717, 1.165) is 39.4 Å². The van der Waals surface area contributed by atoms with Crippen LogP contribution in [0.1, 0.15) is 21.5 Å². The summed E-state index contributed by atoms with van der Waals surface area (Å²) in [5.74, 6) is -0.645. The molecule has 0 unspecified atom stereocenters. The minimum Gasteiger partial charge on any atom is -0.508 e. The van der Waals surface area contributed by atoms with Gasteiger partial charge in [0.05, 0.1) is 5.69 Å². The predicted molar refractivity (Wildman–Crippen MR) is 136 cm³/mol. The first-order valence-electron chi connectivity index (χ1n) is 11.3. The number of carbonyl (C=O) groups is 1. The van der Waals surface area contributed by atoms with Crippen LogP contribution in [0.3, 0.4) is 0 Å². The maximum Gasteiger partial charge on any atom is 0.235 e. The zero-order chi connectivity index (χ0) is 23.9. The highest BCUT2D eigenvalue weighted by Gasteiger charge is 2.32. The summed E-state index contributed by atoms with van der Waals surface area (Å²) in [6.45, 7) is 0.651. The predicted octanol–water partition coefficient (Wildman–Crippen LogP) is 6.38. The molecule has 0 fully saturated rings. The molecule has 5 heteroatoms. The third-order valence-electron chi connectivity index (χ3n) is 6.25. The summed E-state index contributed by atoms with van der Waals surface area (Å²) in [5.41, 5.74) is 5.07. The van der Waals surface area contributed by atoms with Crippen molar-refractivity contribution in [1.29, 1.82) is 0 Å². The van der Waals surface area contributed by atoms with Crippen LogP contribution in [0.4, 0.5) is 0 Å². The number of hydrogen-bond donors (Lipinski definition) is 2. The number of fused-ring (bicyclic) bond motifs is 2. The molecule has 0 aliphatic carbocycles. The summed E-state index contributed by atoms with van der Waals surface area (Å²) in [6.07, 6.45) is 1.74. The number of aromatic nitrogens is 1. The van der Waals surface area contributed by atoms with Gasteiger partial charge in [-0.3, -0.25) is 4.79 Å². The Kier molecular flexibility index (Phi) is 4.89. The van der Waals surface area contributed by atoms with E-state index in [-0.39, 0.29) is 28.6 Å². The van der Waals surface area contributed by atoms with Gasteiger partial charge < -0.3 is 19.5 Å². The van der Waals surface area contributed by atoms with Gasteiger partial charge in [-0.05, 0) is 23.3 Å². The number of hydrogen-bond acceptors (Lipinski definition) is 4. The topological polar surface area (TPSA) is 71.7 Å². The molecule has 5 aromatic rings. The molecule has 0 spiro atoms. The van der Waals surface area contributed by atoms with Gasteiger partial charge in [0.15, 0.2) is 5.76 Å². The molecule has 0 saturated heterocycles. The first-order chi connectivity index (χ1) is 17.1. The minimum absolute atomic E-state index is 0.0586. The quantitative estimate of drug-likeness (QED) is 0.306. The number of para-hydroxylation sites is 1. The lowest BCUT2D eigenvalue weighted by molar-refractivity contribution is 0.101. The number of ketones is 1. The molecule has 0 amide bonds. The van der Waals surface area contributed by atoms with Crippen molar-refractivity contribution < 1.29 is 19.7 Å². The molecular weight excluding hydrogens is 438 g/mol. The van der Waals surface area contributed by atoms with Crippen LogP contribution in [0.25, 0.3) is 28.2 Å². The third kappa shape index (κ3) is 3.54. The van der Waals surface area contributed by atoms with Crippen LogP contribution in [-0.4, -0.2) is 20.6 Å². The molecule has 1 aliphatic rings. The van der Waals surface area contributed by atoms with Gasteiger partial charge in [-0.25, -0.2) is 0 Å². The summed E-state index contributed by atoms with van der Waals surface area (Å²) in [4.78, 5) is 13.2. The number of allylic oxidation sites excluding steroid dienone is 1. The number of phenols is 2. The number of benzene rings is 4. The molecule has 0 saturated carbocycles. The van der Waals surface area contributed by atoms with E-state index in [1.54, 1.807) is 6.08 Å². The van der Waals surface area contributed by atoms with E-state index in [4.69, 9.17) is 4.74 Å². The molecule has 0 atom stereocenters. The normalized spacial score (nSPS) is 13.8. The van der Waals surface area contributed by atoms with Crippen molar-refractivity contribution in [2.75, 3.05) is 0 Å². The van der Waals surface area contributed by atoms with Crippen LogP contribution in [0.15, 0.2) is 103 Å². The summed E-state index contributed by atoms with van der Waals surface area (Å²) in [7, 11) is 0. The summed E-state index contributed by atoms with van der Waals surface area (Å²) in [5, 5.41) is 21.1. The molecule has 4 aromatic carbocycles. The minimum atomic E-state index is -0.420. The van der Waals surface area contributed by atoms with E-state index in [0.29, 0.717) is 6.54 Å². The first kappa shape index (κ1) is 20.8. The third-order valence-corrected chi connectivity index (χ3v) is 6.25. The van der Waals surface area contributed by atoms with Gasteiger partial charge in [-0.1, -0.05) is 78.9 Å². The van der Waals surface area contributed by atoms with Crippen molar-refractivity contribution in [3.63, 3.8) is 0 Å². The second-order valence-electron chi connectivity index (χ2n) is 8.50. The number of nitrogens with zero attached hydrogens (tertiary/aromatic N) is 1. The molecule has 2 N–H and O–H groups in total. The van der Waals surface area contributed by atoms with Crippen LogP contribution in [0.5, 0.6) is 17.2 Å². The van der Waals surface area contributed by atoms with E-state index in [1.165, 1.54) is 6.07 Å². The molecule has 1 aliphatic heterocycles. The van der Waals surface area contributed by atoms with Crippen molar-refractivity contribution >= 4 is 22.8 Å². The number of ether oxygens (including phenoxy) is 1. The number of Topliss-reactive ketones (excluding diaryl/α,β-unsaturated/α-hetero) is 1. The van der Waals surface area contributed by atoms with Crippen LogP contribution >= 0.6 is 0 Å². The molecule has 0 bridgehead atoms. The number of phenolic OH excluding ortho intramolecular Hbond substituents is 2. The Balaban J connectivity index is 1.59. The fourth-order valence-electron chi connectivity index (χ4n) is 4.72. The lowest BCUT2D eigenvalue weighted by Gasteiger charge is -2.12. The molecule has 0 radical (unpaired) electrons. The molecule has 5 nitrogen and oxygen atoms in total. The lowest BCUT2D eigenvalue weighted by atomic mass is 10.0. The molecular formula is C30H21NO4. The Hall–Kier alpha value is -4.77. The van der Waals surface area contributed by atoms with Gasteiger partial charge in [0.2, 0.25) is 5.78 Å². The average molecular weight is 460 g/mol. The van der Waals surface area contributed by atoms with Gasteiger partial charge in [-0.15, -0.1) is 0 Å². The van der Waals surface area contributed by atoms with E-state index in [2.05, 4.69) is 22.8 Å². The first-order valence-corrected chi connectivity index (χ1v) is 11.3. The van der Waals surface area contributed by atoms with Crippen LogP contribution in [-0.2, 0) is 6.54 Å². The zero-order valence-corrected chi connectivity index (χ0v) is 18.7. The monoisotopic (exact) mass is 459 g/mol. The van der Waals surface area contributed by atoms with Gasteiger partial charge in [0.1, 0.15) is 22.8 Å². The number of carbonyl (C=O) groups excluding carboxylic acids is 1. The standard InChI is InChI=1S/C30H21NO4/c32-21-15-25(33)28-26(16-21)35-27(30(28)34)17-23-22-13-7-8-14-24(22)31(18-19-9-3-1-4-10-19)29(23)20-11-5-2-6-12-20/h1-17,32-33H,18H2. The highest BCUT2D eigenvalue weighted by Crippen LogP contribution is 2.42. The van der Waals surface area contributed by atoms with Crippen LogP contribution in [0.2, 0.25) is 0 Å². The second-order valence-corrected chi connectivity index (χ2v) is 8.50. The molecule has 170 valence electrons. The Bertz CT molecular complexity index is 1620. The van der Waals surface area contributed by atoms with Gasteiger partial charge in [0.25, 0.3) is 0 Å². The summed E-state index contributed by atoms with van der Waals surface area (Å²) < 4.78 is 8.09. The molecule has 1 aromatic heterocycles. The largest absolute Gasteiger partial charge is 0.508 e. The number of aromatic hydroxyl groups is 2. The highest BCUT2D eigenvalue weighted by molar-refractivity contribution is 6.17. The van der Waals surface area contributed by atoms with Crippen molar-refractivity contribution in [2.24, 2.45) is 0 Å². The lowest BCUT2D eigenvalue weighted by Crippen LogP contribution is -2.03. The van der Waals surface area contributed by atoms with E-state index in [1.807, 2.05) is 66.7 Å². The average Bonchev–Trinajstić information content (AvgIpc) is 3.35. The Morgan fingerprint density at radius 3 is 2.29 bits per heavy atom. The maximum absolute atomic E-state index is 13.2. The number of rotatable bonds is 4. The van der Waals surface area contributed by atoms with Gasteiger partial charge in [0, 0.05) is 35.1 Å². The van der Waals surface area contributed by atoms with Crippen molar-refractivity contribution in [1.82, 2.24) is 4.57 Å². The molecule has 2 heterocycles. The van der Waals surface area contributed by atoms with Crippen molar-refractivity contribution in [3.05, 3.63) is 120 Å². The zero-order valence-electron chi connectivity index (χ0n) is 18.7. The Morgan fingerprint density at radius 1 is 0.829 bits per heavy atom. The van der Waals surface area contributed by atoms with Gasteiger partial charge >= 0.3 is 0 Å². The van der Waals surface area contributed by atoms with E-state index >= 15 is 0 Å². The summed E-state index contributed by atoms with van der Waals surface area (Å²) >= 11 is 0.